The maximum absolute atomic E-state index is 13.3. The second kappa shape index (κ2) is 7.87. The van der Waals surface area contributed by atoms with Gasteiger partial charge in [-0.05, 0) is 56.7 Å². The summed E-state index contributed by atoms with van der Waals surface area (Å²) in [6.07, 6.45) is -3.35. The van der Waals surface area contributed by atoms with Crippen LogP contribution in [0, 0.1) is 17.7 Å². The van der Waals surface area contributed by atoms with E-state index in [1.807, 2.05) is 0 Å². The lowest BCUT2D eigenvalue weighted by molar-refractivity contribution is -0.143. The number of nitrogens with one attached hydrogen (secondary N) is 1. The Morgan fingerprint density at radius 1 is 1.29 bits per heavy atom. The van der Waals surface area contributed by atoms with Crippen molar-refractivity contribution in [1.82, 2.24) is 10.2 Å². The number of hydrogen-bond acceptors (Lipinski definition) is 4. The molecule has 1 aromatic carbocycles. The van der Waals surface area contributed by atoms with Crippen molar-refractivity contribution in [1.29, 1.82) is 0 Å². The summed E-state index contributed by atoms with van der Waals surface area (Å²) in [6.45, 7) is 2.98. The number of nitrogens with zero attached hydrogens (tertiary/aromatic N) is 1. The summed E-state index contributed by atoms with van der Waals surface area (Å²) in [7, 11) is 0. The highest BCUT2D eigenvalue weighted by molar-refractivity contribution is 5.81. The third-order valence-electron chi connectivity index (χ3n) is 6.55. The number of carbonyl (C=O) groups is 2. The summed E-state index contributed by atoms with van der Waals surface area (Å²) in [5.41, 5.74) is -1.54. The Labute approximate surface area is 176 Å². The highest BCUT2D eigenvalue weighted by Crippen LogP contribution is 2.42. The summed E-state index contributed by atoms with van der Waals surface area (Å²) >= 11 is 0. The van der Waals surface area contributed by atoms with Crippen molar-refractivity contribution in [3.63, 3.8) is 0 Å². The van der Waals surface area contributed by atoms with E-state index in [9.17, 15) is 27.2 Å². The average Bonchev–Trinajstić information content (AvgIpc) is 3.09. The molecule has 31 heavy (non-hydrogen) atoms. The fourth-order valence-electron chi connectivity index (χ4n) is 4.74. The molecule has 1 spiro atoms. The second-order valence-electron chi connectivity index (χ2n) is 8.71. The number of piperidine rings is 1. The number of rotatable bonds is 4. The summed E-state index contributed by atoms with van der Waals surface area (Å²) in [6, 6.07) is 2.39. The van der Waals surface area contributed by atoms with Crippen LogP contribution in [0.2, 0.25) is 0 Å². The van der Waals surface area contributed by atoms with Crippen LogP contribution in [0.3, 0.4) is 0 Å². The van der Waals surface area contributed by atoms with Crippen molar-refractivity contribution in [2.45, 2.75) is 50.4 Å². The van der Waals surface area contributed by atoms with Gasteiger partial charge >= 0.3 is 12.3 Å². The first-order chi connectivity index (χ1) is 14.6. The first kappa shape index (κ1) is 21.7. The van der Waals surface area contributed by atoms with Gasteiger partial charge in [-0.3, -0.25) is 4.79 Å². The molecule has 2 aliphatic heterocycles. The lowest BCUT2D eigenvalue weighted by Crippen LogP contribution is -2.58. The highest BCUT2D eigenvalue weighted by Gasteiger charge is 2.53. The minimum Gasteiger partial charge on any atom is -0.490 e. The van der Waals surface area contributed by atoms with Gasteiger partial charge in [-0.25, -0.2) is 9.18 Å². The lowest BCUT2D eigenvalue weighted by atomic mass is 9.68. The zero-order valence-corrected chi connectivity index (χ0v) is 17.0. The molecule has 2 amide bonds. The maximum Gasteiger partial charge on any atom is 0.420 e. The molecule has 0 radical (unpaired) electrons. The van der Waals surface area contributed by atoms with Gasteiger partial charge in [0, 0.05) is 19.0 Å². The van der Waals surface area contributed by atoms with Crippen LogP contribution in [0.1, 0.15) is 38.2 Å². The van der Waals surface area contributed by atoms with Crippen molar-refractivity contribution < 1.29 is 36.6 Å². The zero-order valence-electron chi connectivity index (χ0n) is 17.0. The van der Waals surface area contributed by atoms with Crippen LogP contribution >= 0.6 is 0 Å². The van der Waals surface area contributed by atoms with Gasteiger partial charge in [0.2, 0.25) is 5.91 Å². The van der Waals surface area contributed by atoms with Crippen LogP contribution in [0.4, 0.5) is 22.4 Å². The number of hydrogen-bond donors (Lipinski definition) is 1. The van der Waals surface area contributed by atoms with Crippen LogP contribution in [0.5, 0.6) is 5.75 Å². The minimum absolute atomic E-state index is 0.0227. The fourth-order valence-corrected chi connectivity index (χ4v) is 4.74. The fraction of sp³-hybridized carbons (Fsp3) is 0.619. The molecule has 4 rings (SSSR count). The molecule has 10 heteroatoms. The van der Waals surface area contributed by atoms with Crippen LogP contribution in [0.25, 0.3) is 0 Å². The first-order valence-electron chi connectivity index (χ1n) is 10.3. The molecule has 1 unspecified atom stereocenters. The Kier molecular flexibility index (Phi) is 5.51. The SMILES string of the molecule is CC(Oc1ccc(F)cc1C(F)(F)F)C1CCN(C(=O)[C@H]2C[C@]3(COC(=O)N3)C2)CC1. The molecule has 1 N–H and O–H groups in total. The molecule has 2 heterocycles. The Balaban J connectivity index is 1.29. The molecule has 1 aliphatic carbocycles. The van der Waals surface area contributed by atoms with Gasteiger partial charge in [-0.15, -0.1) is 0 Å². The van der Waals surface area contributed by atoms with Crippen molar-refractivity contribution in [3.8, 4) is 5.75 Å². The van der Waals surface area contributed by atoms with Crippen LogP contribution < -0.4 is 10.1 Å². The van der Waals surface area contributed by atoms with Gasteiger partial charge in [0.15, 0.2) is 0 Å². The average molecular weight is 444 g/mol. The summed E-state index contributed by atoms with van der Waals surface area (Å²) in [5.74, 6) is -1.50. The molecule has 3 fully saturated rings. The quantitative estimate of drug-likeness (QED) is 0.719. The maximum atomic E-state index is 13.3. The predicted molar refractivity (Wildman–Crippen MR) is 101 cm³/mol. The highest BCUT2D eigenvalue weighted by atomic mass is 19.4. The monoisotopic (exact) mass is 444 g/mol. The number of alkyl halides is 3. The van der Waals surface area contributed by atoms with Gasteiger partial charge in [0.05, 0.1) is 11.6 Å². The van der Waals surface area contributed by atoms with Gasteiger partial charge in [-0.1, -0.05) is 0 Å². The smallest absolute Gasteiger partial charge is 0.420 e. The Bertz CT molecular complexity index is 861. The number of amides is 2. The minimum atomic E-state index is -4.71. The van der Waals surface area contributed by atoms with E-state index in [2.05, 4.69) is 5.32 Å². The summed E-state index contributed by atoms with van der Waals surface area (Å²) in [4.78, 5) is 25.7. The molecule has 2 saturated heterocycles. The zero-order chi connectivity index (χ0) is 22.4. The van der Waals surface area contributed by atoms with Crippen LogP contribution in [-0.2, 0) is 15.7 Å². The Morgan fingerprint density at radius 2 is 1.97 bits per heavy atom. The van der Waals surface area contributed by atoms with Gasteiger partial charge in [0.1, 0.15) is 23.7 Å². The summed E-state index contributed by atoms with van der Waals surface area (Å²) < 4.78 is 63.3. The van der Waals surface area contributed by atoms with Crippen LogP contribution in [0.15, 0.2) is 18.2 Å². The van der Waals surface area contributed by atoms with E-state index in [0.717, 1.165) is 12.1 Å². The van der Waals surface area contributed by atoms with Crippen molar-refractivity contribution in [2.75, 3.05) is 19.7 Å². The third kappa shape index (κ3) is 4.43. The molecule has 0 aromatic heterocycles. The number of benzene rings is 1. The molecule has 1 aromatic rings. The van der Waals surface area contributed by atoms with Gasteiger partial charge < -0.3 is 19.7 Å². The predicted octanol–water partition coefficient (Wildman–Crippen LogP) is 3.74. The number of ether oxygens (including phenoxy) is 2. The normalized spacial score (nSPS) is 27.5. The number of likely N-dealkylation sites (tertiary alicyclic amines) is 1. The van der Waals surface area contributed by atoms with Crippen molar-refractivity contribution in [3.05, 3.63) is 29.6 Å². The number of cyclic esters (lactones) is 1. The Morgan fingerprint density at radius 3 is 2.55 bits per heavy atom. The van der Waals surface area contributed by atoms with E-state index in [1.54, 1.807) is 11.8 Å². The van der Waals surface area contributed by atoms with E-state index in [4.69, 9.17) is 9.47 Å². The molecular formula is C21H24F4N2O4. The molecule has 1 atom stereocenters. The standard InChI is InChI=1S/C21H24F4N2O4/c1-12(31-17-3-2-15(22)8-16(17)21(23,24)25)13-4-6-27(7-5-13)18(28)14-9-20(10-14)11-30-19(29)26-20/h2-3,8,12-14H,4-7,9-11H2,1H3,(H,26,29)/t12?,14-,20+. The number of halogens is 4. The molecule has 6 nitrogen and oxygen atoms in total. The van der Waals surface area contributed by atoms with Crippen molar-refractivity contribution >= 4 is 12.0 Å². The van der Waals surface area contributed by atoms with Gasteiger partial charge in [0.25, 0.3) is 0 Å². The lowest BCUT2D eigenvalue weighted by Gasteiger charge is -2.45. The first-order valence-corrected chi connectivity index (χ1v) is 10.3. The largest absolute Gasteiger partial charge is 0.490 e. The van der Waals surface area contributed by atoms with Crippen LogP contribution in [-0.4, -0.2) is 48.2 Å². The van der Waals surface area contributed by atoms with E-state index in [-0.39, 0.29) is 30.1 Å². The molecule has 1 saturated carbocycles. The number of carbonyl (C=O) groups excluding carboxylic acids is 2. The molecule has 0 bridgehead atoms. The third-order valence-corrected chi connectivity index (χ3v) is 6.55. The molecular weight excluding hydrogens is 420 g/mol. The molecule has 170 valence electrons. The van der Waals surface area contributed by atoms with E-state index < -0.39 is 35.3 Å². The van der Waals surface area contributed by atoms with E-state index in [0.29, 0.717) is 44.8 Å². The second-order valence-corrected chi connectivity index (χ2v) is 8.71. The summed E-state index contributed by atoms with van der Waals surface area (Å²) in [5, 5.41) is 2.77. The van der Waals surface area contributed by atoms with E-state index in [1.165, 1.54) is 0 Å². The number of alkyl carbamates (subject to hydrolysis) is 1. The van der Waals surface area contributed by atoms with Gasteiger partial charge in [-0.2, -0.15) is 13.2 Å². The molecule has 3 aliphatic rings. The van der Waals surface area contributed by atoms with E-state index >= 15 is 0 Å². The topological polar surface area (TPSA) is 67.9 Å². The Hall–Kier alpha value is -2.52. The van der Waals surface area contributed by atoms with Crippen molar-refractivity contribution in [2.24, 2.45) is 11.8 Å².